The number of halogens is 1. The Labute approximate surface area is 101 Å². The molecule has 1 fully saturated rings. The minimum atomic E-state index is 0.799. The van der Waals surface area contributed by atoms with E-state index in [0.717, 1.165) is 37.9 Å². The van der Waals surface area contributed by atoms with Crippen LogP contribution >= 0.6 is 11.6 Å². The van der Waals surface area contributed by atoms with Crippen molar-refractivity contribution in [3.05, 3.63) is 34.3 Å². The second kappa shape index (κ2) is 5.64. The zero-order valence-electron chi connectivity index (χ0n) is 9.50. The molecule has 88 valence electrons. The van der Waals surface area contributed by atoms with E-state index >= 15 is 0 Å². The van der Waals surface area contributed by atoms with Crippen LogP contribution in [-0.2, 0) is 11.3 Å². The lowest BCUT2D eigenvalue weighted by Crippen LogP contribution is -2.45. The van der Waals surface area contributed by atoms with E-state index in [-0.39, 0.29) is 0 Å². The number of rotatable bonds is 3. The first-order valence-corrected chi connectivity index (χ1v) is 5.95. The van der Waals surface area contributed by atoms with Crippen molar-refractivity contribution < 1.29 is 4.74 Å². The highest BCUT2D eigenvalue weighted by Gasteiger charge is 2.09. The van der Waals surface area contributed by atoms with Gasteiger partial charge in [-0.2, -0.15) is 0 Å². The van der Waals surface area contributed by atoms with Crippen LogP contribution in [0.1, 0.15) is 11.1 Å². The molecule has 4 heteroatoms. The van der Waals surface area contributed by atoms with E-state index in [1.807, 2.05) is 12.1 Å². The van der Waals surface area contributed by atoms with Crippen LogP contribution in [0.4, 0.5) is 0 Å². The summed E-state index contributed by atoms with van der Waals surface area (Å²) in [5.74, 6) is 0. The third-order valence-electron chi connectivity index (χ3n) is 2.81. The van der Waals surface area contributed by atoms with Crippen molar-refractivity contribution in [1.29, 1.82) is 0 Å². The van der Waals surface area contributed by atoms with E-state index in [1.165, 1.54) is 11.1 Å². The Hall–Kier alpha value is -0.610. The van der Waals surface area contributed by atoms with Gasteiger partial charge in [0.05, 0.1) is 13.2 Å². The average molecular weight is 241 g/mol. The highest BCUT2D eigenvalue weighted by atomic mass is 35.5. The van der Waals surface area contributed by atoms with Gasteiger partial charge in [-0.15, -0.1) is 0 Å². The fraction of sp³-hybridized carbons (Fsp3) is 0.500. The zero-order valence-corrected chi connectivity index (χ0v) is 10.3. The molecule has 1 saturated heterocycles. The Bertz CT molecular complexity index is 351. The minimum absolute atomic E-state index is 0.799. The molecule has 0 aliphatic carbocycles. The van der Waals surface area contributed by atoms with Crippen molar-refractivity contribution in [1.82, 2.24) is 10.4 Å². The molecule has 0 saturated carbocycles. The largest absolute Gasteiger partial charge is 0.379 e. The molecule has 3 nitrogen and oxygen atoms in total. The predicted molar refractivity (Wildman–Crippen MR) is 65.4 cm³/mol. The van der Waals surface area contributed by atoms with Crippen LogP contribution < -0.4 is 5.43 Å². The van der Waals surface area contributed by atoms with E-state index in [2.05, 4.69) is 23.4 Å². The first kappa shape index (κ1) is 11.9. The summed E-state index contributed by atoms with van der Waals surface area (Å²) in [5.41, 5.74) is 5.93. The van der Waals surface area contributed by atoms with Gasteiger partial charge in [-0.25, -0.2) is 5.01 Å². The summed E-state index contributed by atoms with van der Waals surface area (Å²) in [4.78, 5) is 0. The van der Waals surface area contributed by atoms with E-state index in [0.29, 0.717) is 0 Å². The molecule has 0 atom stereocenters. The molecule has 0 bridgehead atoms. The van der Waals surface area contributed by atoms with E-state index in [1.54, 1.807) is 0 Å². The van der Waals surface area contributed by atoms with Gasteiger partial charge in [-0.3, -0.25) is 5.43 Å². The van der Waals surface area contributed by atoms with Crippen LogP contribution in [0.3, 0.4) is 0 Å². The molecular formula is C12H17ClN2O. The zero-order chi connectivity index (χ0) is 11.4. The summed E-state index contributed by atoms with van der Waals surface area (Å²) in [5, 5.41) is 3.00. The molecular weight excluding hydrogens is 224 g/mol. The van der Waals surface area contributed by atoms with Gasteiger partial charge < -0.3 is 4.74 Å². The van der Waals surface area contributed by atoms with Crippen molar-refractivity contribution >= 4 is 11.6 Å². The maximum Gasteiger partial charge on any atom is 0.0608 e. The first-order valence-electron chi connectivity index (χ1n) is 5.57. The monoisotopic (exact) mass is 240 g/mol. The number of benzene rings is 1. The highest BCUT2D eigenvalue weighted by Crippen LogP contribution is 2.15. The van der Waals surface area contributed by atoms with Gasteiger partial charge in [0.25, 0.3) is 0 Å². The molecule has 0 radical (unpaired) electrons. The van der Waals surface area contributed by atoms with Crippen molar-refractivity contribution in [3.63, 3.8) is 0 Å². The minimum Gasteiger partial charge on any atom is -0.379 e. The number of nitrogens with one attached hydrogen (secondary N) is 1. The summed E-state index contributed by atoms with van der Waals surface area (Å²) in [7, 11) is 0. The number of hydrogen-bond donors (Lipinski definition) is 1. The Morgan fingerprint density at radius 2 is 2.12 bits per heavy atom. The number of hydrazine groups is 1. The summed E-state index contributed by atoms with van der Waals surface area (Å²) in [6.07, 6.45) is 0. The van der Waals surface area contributed by atoms with Crippen LogP contribution in [0, 0.1) is 6.92 Å². The van der Waals surface area contributed by atoms with Crippen molar-refractivity contribution in [2.24, 2.45) is 0 Å². The maximum absolute atomic E-state index is 5.92. The highest BCUT2D eigenvalue weighted by molar-refractivity contribution is 6.30. The Kier molecular flexibility index (Phi) is 4.18. The standard InChI is InChI=1S/C12H17ClN2O/c1-10-8-12(13)3-2-11(10)9-14-15-4-6-16-7-5-15/h2-3,8,14H,4-7,9H2,1H3. The molecule has 1 aliphatic heterocycles. The van der Waals surface area contributed by atoms with Crippen LogP contribution in [0.25, 0.3) is 0 Å². The second-order valence-electron chi connectivity index (χ2n) is 4.01. The predicted octanol–water partition coefficient (Wildman–Crippen LogP) is 1.99. The summed E-state index contributed by atoms with van der Waals surface area (Å²) in [6.45, 7) is 6.46. The molecule has 16 heavy (non-hydrogen) atoms. The lowest BCUT2D eigenvalue weighted by molar-refractivity contribution is 0.0105. The van der Waals surface area contributed by atoms with Gasteiger partial charge >= 0.3 is 0 Å². The SMILES string of the molecule is Cc1cc(Cl)ccc1CNN1CCOCC1. The quantitative estimate of drug-likeness (QED) is 0.875. The van der Waals surface area contributed by atoms with Crippen LogP contribution in [-0.4, -0.2) is 31.3 Å². The van der Waals surface area contributed by atoms with Crippen molar-refractivity contribution in [2.45, 2.75) is 13.5 Å². The third kappa shape index (κ3) is 3.19. The summed E-state index contributed by atoms with van der Waals surface area (Å²) < 4.78 is 5.29. The van der Waals surface area contributed by atoms with Gasteiger partial charge in [0, 0.05) is 24.7 Å². The van der Waals surface area contributed by atoms with Crippen LogP contribution in [0.5, 0.6) is 0 Å². The Balaban J connectivity index is 1.88. The summed E-state index contributed by atoms with van der Waals surface area (Å²) >= 11 is 5.92. The number of aryl methyl sites for hydroxylation is 1. The van der Waals surface area contributed by atoms with Gasteiger partial charge in [-0.1, -0.05) is 17.7 Å². The molecule has 1 heterocycles. The molecule has 0 aromatic heterocycles. The van der Waals surface area contributed by atoms with Crippen LogP contribution in [0.15, 0.2) is 18.2 Å². The van der Waals surface area contributed by atoms with Gasteiger partial charge in [0.2, 0.25) is 0 Å². The van der Waals surface area contributed by atoms with E-state index in [4.69, 9.17) is 16.3 Å². The molecule has 1 aromatic carbocycles. The number of hydrogen-bond acceptors (Lipinski definition) is 3. The molecule has 1 aromatic rings. The normalized spacial score (nSPS) is 17.6. The Morgan fingerprint density at radius 3 is 2.81 bits per heavy atom. The molecule has 0 spiro atoms. The first-order chi connectivity index (χ1) is 7.75. The average Bonchev–Trinajstić information content (AvgIpc) is 2.29. The van der Waals surface area contributed by atoms with E-state index < -0.39 is 0 Å². The van der Waals surface area contributed by atoms with Crippen molar-refractivity contribution in [2.75, 3.05) is 26.3 Å². The van der Waals surface area contributed by atoms with Crippen LogP contribution in [0.2, 0.25) is 5.02 Å². The van der Waals surface area contributed by atoms with Gasteiger partial charge in [0.1, 0.15) is 0 Å². The fourth-order valence-electron chi connectivity index (χ4n) is 1.78. The number of ether oxygens (including phenoxy) is 1. The van der Waals surface area contributed by atoms with Gasteiger partial charge in [0.15, 0.2) is 0 Å². The fourth-order valence-corrected chi connectivity index (χ4v) is 2.00. The van der Waals surface area contributed by atoms with Gasteiger partial charge in [-0.05, 0) is 30.2 Å². The second-order valence-corrected chi connectivity index (χ2v) is 4.44. The summed E-state index contributed by atoms with van der Waals surface area (Å²) in [6, 6.07) is 6.01. The number of nitrogens with zero attached hydrogens (tertiary/aromatic N) is 1. The number of morpholine rings is 1. The molecule has 1 aliphatic rings. The van der Waals surface area contributed by atoms with E-state index in [9.17, 15) is 0 Å². The lowest BCUT2D eigenvalue weighted by Gasteiger charge is -2.27. The molecule has 0 amide bonds. The maximum atomic E-state index is 5.92. The molecule has 0 unspecified atom stereocenters. The topological polar surface area (TPSA) is 24.5 Å². The molecule has 2 rings (SSSR count). The van der Waals surface area contributed by atoms with Crippen molar-refractivity contribution in [3.8, 4) is 0 Å². The lowest BCUT2D eigenvalue weighted by atomic mass is 10.1. The third-order valence-corrected chi connectivity index (χ3v) is 3.04. The molecule has 1 N–H and O–H groups in total. The Morgan fingerprint density at radius 1 is 1.38 bits per heavy atom. The smallest absolute Gasteiger partial charge is 0.0608 e.